The van der Waals surface area contributed by atoms with Crippen molar-refractivity contribution in [3.8, 4) is 0 Å². The lowest BCUT2D eigenvalue weighted by molar-refractivity contribution is 0.0910. The van der Waals surface area contributed by atoms with E-state index in [1.165, 1.54) is 25.9 Å². The smallest absolute Gasteiger partial charge is 0.146 e. The van der Waals surface area contributed by atoms with Crippen LogP contribution in [0, 0.1) is 5.82 Å². The summed E-state index contributed by atoms with van der Waals surface area (Å²) >= 11 is 0. The monoisotopic (exact) mass is 371 g/mol. The number of hydrogen-bond donors (Lipinski definition) is 0. The van der Waals surface area contributed by atoms with Gasteiger partial charge in [0.05, 0.1) is 5.69 Å². The fourth-order valence-electron chi connectivity index (χ4n) is 4.46. The van der Waals surface area contributed by atoms with Crippen molar-refractivity contribution in [3.63, 3.8) is 0 Å². The minimum Gasteiger partial charge on any atom is -0.367 e. The van der Waals surface area contributed by atoms with Gasteiger partial charge in [0.2, 0.25) is 0 Å². The predicted molar refractivity (Wildman–Crippen MR) is 106 cm³/mol. The molecule has 2 fully saturated rings. The quantitative estimate of drug-likeness (QED) is 0.780. The van der Waals surface area contributed by atoms with E-state index in [9.17, 15) is 4.39 Å². The fourth-order valence-corrected chi connectivity index (χ4v) is 4.46. The molecule has 2 saturated heterocycles. The van der Waals surface area contributed by atoms with Crippen LogP contribution in [0.25, 0.3) is 0 Å². The molecule has 6 heteroatoms. The zero-order valence-corrected chi connectivity index (χ0v) is 16.0. The third-order valence-electron chi connectivity index (χ3n) is 5.93. The number of likely N-dealkylation sites (tertiary alicyclic amines) is 1. The molecule has 0 amide bonds. The van der Waals surface area contributed by atoms with Crippen molar-refractivity contribution in [2.45, 2.75) is 31.8 Å². The number of aromatic nitrogens is 2. The number of halogens is 1. The number of para-hydroxylation sites is 1. The summed E-state index contributed by atoms with van der Waals surface area (Å²) in [4.78, 5) is 7.43. The summed E-state index contributed by atoms with van der Waals surface area (Å²) in [5.41, 5.74) is 0.751. The van der Waals surface area contributed by atoms with E-state index in [4.69, 9.17) is 0 Å². The second-order valence-corrected chi connectivity index (χ2v) is 7.69. The number of piperidine rings is 1. The summed E-state index contributed by atoms with van der Waals surface area (Å²) in [6.07, 6.45) is 7.59. The average molecular weight is 372 g/mol. The van der Waals surface area contributed by atoms with Crippen LogP contribution < -0.4 is 4.90 Å². The third-order valence-corrected chi connectivity index (χ3v) is 5.93. The van der Waals surface area contributed by atoms with E-state index in [0.29, 0.717) is 6.04 Å². The Morgan fingerprint density at radius 3 is 2.63 bits per heavy atom. The first kappa shape index (κ1) is 18.4. The van der Waals surface area contributed by atoms with Crippen LogP contribution in [0.15, 0.2) is 42.7 Å². The lowest BCUT2D eigenvalue weighted by Gasteiger charge is -2.44. The standard InChI is InChI=1S/C21H30FN5/c22-20-7-1-2-8-21(20)26-16-14-25(15-17-26)19-6-3-10-24(18-19)11-5-13-27-12-4-9-23-27/h1-2,4,7-9,12,19H,3,5-6,10-11,13-18H2/t19-/m0/s1. The van der Waals surface area contributed by atoms with Crippen LogP contribution >= 0.6 is 0 Å². The topological polar surface area (TPSA) is 27.5 Å². The Kier molecular flexibility index (Phi) is 6.04. The summed E-state index contributed by atoms with van der Waals surface area (Å²) in [6.45, 7) is 8.40. The largest absolute Gasteiger partial charge is 0.367 e. The van der Waals surface area contributed by atoms with Crippen molar-refractivity contribution in [2.75, 3.05) is 50.7 Å². The maximum atomic E-state index is 14.0. The molecule has 1 atom stereocenters. The maximum absolute atomic E-state index is 14.0. The molecular weight excluding hydrogens is 341 g/mol. The van der Waals surface area contributed by atoms with Crippen molar-refractivity contribution in [3.05, 3.63) is 48.5 Å². The molecule has 2 aliphatic heterocycles. The predicted octanol–water partition coefficient (Wildman–Crippen LogP) is 2.70. The molecule has 0 bridgehead atoms. The zero-order valence-electron chi connectivity index (χ0n) is 16.0. The maximum Gasteiger partial charge on any atom is 0.146 e. The van der Waals surface area contributed by atoms with Gasteiger partial charge in [0.25, 0.3) is 0 Å². The lowest BCUT2D eigenvalue weighted by Crippen LogP contribution is -2.55. The molecule has 4 rings (SSSR count). The molecule has 2 aliphatic rings. The van der Waals surface area contributed by atoms with Gasteiger partial charge in [-0.15, -0.1) is 0 Å². The summed E-state index contributed by atoms with van der Waals surface area (Å²) in [5, 5.41) is 4.28. The second kappa shape index (κ2) is 8.85. The van der Waals surface area contributed by atoms with Crippen LogP contribution in [0.5, 0.6) is 0 Å². The number of hydrogen-bond acceptors (Lipinski definition) is 4. The minimum atomic E-state index is -0.105. The molecule has 3 heterocycles. The summed E-state index contributed by atoms with van der Waals surface area (Å²) in [6, 6.07) is 9.77. The number of nitrogens with zero attached hydrogens (tertiary/aromatic N) is 5. The normalized spacial score (nSPS) is 22.3. The number of rotatable bonds is 6. The molecule has 2 aromatic rings. The van der Waals surface area contributed by atoms with Crippen LogP contribution in [0.3, 0.4) is 0 Å². The van der Waals surface area contributed by atoms with Gasteiger partial charge in [-0.2, -0.15) is 5.10 Å². The summed E-state index contributed by atoms with van der Waals surface area (Å²) in [5.74, 6) is -0.105. The Bertz CT molecular complexity index is 696. The minimum absolute atomic E-state index is 0.105. The molecule has 5 nitrogen and oxygen atoms in total. The highest BCUT2D eigenvalue weighted by molar-refractivity contribution is 5.48. The molecule has 0 aliphatic carbocycles. The van der Waals surface area contributed by atoms with E-state index in [1.807, 2.05) is 35.3 Å². The highest BCUT2D eigenvalue weighted by atomic mass is 19.1. The molecule has 0 unspecified atom stereocenters. The SMILES string of the molecule is Fc1ccccc1N1CCN([C@H]2CCCN(CCCn3cccn3)C2)CC1. The van der Waals surface area contributed by atoms with Gasteiger partial charge in [-0.1, -0.05) is 12.1 Å². The average Bonchev–Trinajstić information content (AvgIpc) is 3.22. The van der Waals surface area contributed by atoms with Crippen molar-refractivity contribution in [1.29, 1.82) is 0 Å². The number of benzene rings is 1. The van der Waals surface area contributed by atoms with Crippen LogP contribution in [0.1, 0.15) is 19.3 Å². The van der Waals surface area contributed by atoms with Gasteiger partial charge in [0.1, 0.15) is 5.82 Å². The van der Waals surface area contributed by atoms with E-state index in [2.05, 4.69) is 19.8 Å². The van der Waals surface area contributed by atoms with E-state index in [1.54, 1.807) is 12.1 Å². The van der Waals surface area contributed by atoms with Crippen molar-refractivity contribution in [2.24, 2.45) is 0 Å². The van der Waals surface area contributed by atoms with Crippen molar-refractivity contribution < 1.29 is 4.39 Å². The molecule has 27 heavy (non-hydrogen) atoms. The van der Waals surface area contributed by atoms with Gasteiger partial charge in [-0.3, -0.25) is 9.58 Å². The molecule has 0 saturated carbocycles. The summed E-state index contributed by atoms with van der Waals surface area (Å²) in [7, 11) is 0. The van der Waals surface area contributed by atoms with E-state index < -0.39 is 0 Å². The van der Waals surface area contributed by atoms with E-state index in [-0.39, 0.29) is 5.82 Å². The van der Waals surface area contributed by atoms with Gasteiger partial charge in [-0.05, 0) is 50.6 Å². The second-order valence-electron chi connectivity index (χ2n) is 7.69. The van der Waals surface area contributed by atoms with Crippen LogP contribution in [0.2, 0.25) is 0 Å². The highest BCUT2D eigenvalue weighted by Crippen LogP contribution is 2.23. The van der Waals surface area contributed by atoms with Gasteiger partial charge in [0, 0.05) is 57.7 Å². The number of anilines is 1. The Hall–Kier alpha value is -1.92. The first-order valence-electron chi connectivity index (χ1n) is 10.2. The molecule has 0 spiro atoms. The Morgan fingerprint density at radius 1 is 1.00 bits per heavy atom. The van der Waals surface area contributed by atoms with Gasteiger partial charge < -0.3 is 9.80 Å². The van der Waals surface area contributed by atoms with Crippen molar-refractivity contribution >= 4 is 5.69 Å². The molecule has 0 N–H and O–H groups in total. The van der Waals surface area contributed by atoms with Crippen LogP contribution in [0.4, 0.5) is 10.1 Å². The van der Waals surface area contributed by atoms with E-state index >= 15 is 0 Å². The third kappa shape index (κ3) is 4.68. The van der Waals surface area contributed by atoms with Crippen LogP contribution in [-0.2, 0) is 6.54 Å². The van der Waals surface area contributed by atoms with Gasteiger partial charge in [0.15, 0.2) is 0 Å². The van der Waals surface area contributed by atoms with Crippen LogP contribution in [-0.4, -0.2) is 71.4 Å². The number of aryl methyl sites for hydroxylation is 1. The van der Waals surface area contributed by atoms with E-state index in [0.717, 1.165) is 51.4 Å². The van der Waals surface area contributed by atoms with Crippen molar-refractivity contribution in [1.82, 2.24) is 19.6 Å². The highest BCUT2D eigenvalue weighted by Gasteiger charge is 2.28. The first-order chi connectivity index (χ1) is 13.3. The fraction of sp³-hybridized carbons (Fsp3) is 0.571. The van der Waals surface area contributed by atoms with Gasteiger partial charge >= 0.3 is 0 Å². The molecule has 146 valence electrons. The molecule has 0 radical (unpaired) electrons. The number of piperazine rings is 1. The Labute approximate surface area is 161 Å². The Morgan fingerprint density at radius 2 is 1.85 bits per heavy atom. The van der Waals surface area contributed by atoms with Gasteiger partial charge in [-0.25, -0.2) is 4.39 Å². The molecular formula is C21H30FN5. The molecule has 1 aromatic carbocycles. The Balaban J connectivity index is 1.24. The molecule has 1 aromatic heterocycles. The lowest BCUT2D eigenvalue weighted by atomic mass is 10.0. The summed E-state index contributed by atoms with van der Waals surface area (Å²) < 4.78 is 16.0. The zero-order chi connectivity index (χ0) is 18.5. The first-order valence-corrected chi connectivity index (χ1v) is 10.2.